The van der Waals surface area contributed by atoms with Crippen LogP contribution in [0.25, 0.3) is 0 Å². The molecule has 5 nitrogen and oxygen atoms in total. The first-order valence-electron chi connectivity index (χ1n) is 6.13. The molecule has 0 saturated heterocycles. The summed E-state index contributed by atoms with van der Waals surface area (Å²) in [7, 11) is 3.58. The number of nitrogens with zero attached hydrogens (tertiary/aromatic N) is 2. The van der Waals surface area contributed by atoms with Crippen LogP contribution in [0.4, 0.5) is 5.69 Å². The average molecular weight is 295 g/mol. The molecule has 1 atom stereocenters. The largest absolute Gasteiger partial charge is 0.324 e. The van der Waals surface area contributed by atoms with Crippen LogP contribution in [0.15, 0.2) is 36.7 Å². The van der Waals surface area contributed by atoms with Gasteiger partial charge in [0.2, 0.25) is 5.91 Å². The van der Waals surface area contributed by atoms with Gasteiger partial charge in [-0.3, -0.25) is 9.48 Å². The van der Waals surface area contributed by atoms with Gasteiger partial charge in [-0.25, -0.2) is 0 Å². The third-order valence-corrected chi connectivity index (χ3v) is 2.93. The van der Waals surface area contributed by atoms with E-state index in [4.69, 9.17) is 0 Å². The molecule has 108 valence electrons. The summed E-state index contributed by atoms with van der Waals surface area (Å²) in [6.45, 7) is 2.01. The zero-order valence-electron chi connectivity index (χ0n) is 11.8. The molecule has 0 bridgehead atoms. The van der Waals surface area contributed by atoms with Crippen molar-refractivity contribution in [1.29, 1.82) is 0 Å². The van der Waals surface area contributed by atoms with Crippen LogP contribution in [0.2, 0.25) is 0 Å². The molecule has 6 heteroatoms. The van der Waals surface area contributed by atoms with E-state index in [0.717, 1.165) is 16.8 Å². The Morgan fingerprint density at radius 2 is 1.95 bits per heavy atom. The molecular weight excluding hydrogens is 276 g/mol. The molecule has 0 radical (unpaired) electrons. The minimum absolute atomic E-state index is 0. The number of rotatable bonds is 4. The highest BCUT2D eigenvalue weighted by Crippen LogP contribution is 2.15. The highest BCUT2D eigenvalue weighted by Gasteiger charge is 2.19. The van der Waals surface area contributed by atoms with Gasteiger partial charge in [0.05, 0.1) is 6.20 Å². The molecule has 0 aliphatic carbocycles. The summed E-state index contributed by atoms with van der Waals surface area (Å²) in [6.07, 6.45) is 3.52. The van der Waals surface area contributed by atoms with Crippen molar-refractivity contribution in [3.05, 3.63) is 47.8 Å². The fourth-order valence-electron chi connectivity index (χ4n) is 1.89. The zero-order valence-corrected chi connectivity index (χ0v) is 12.6. The van der Waals surface area contributed by atoms with Crippen molar-refractivity contribution in [2.75, 3.05) is 12.4 Å². The van der Waals surface area contributed by atoms with Gasteiger partial charge in [0.1, 0.15) is 6.04 Å². The normalized spacial score (nSPS) is 11.6. The van der Waals surface area contributed by atoms with Gasteiger partial charge in [0.15, 0.2) is 0 Å². The van der Waals surface area contributed by atoms with Crippen LogP contribution in [0.1, 0.15) is 17.2 Å². The molecule has 1 unspecified atom stereocenters. The summed E-state index contributed by atoms with van der Waals surface area (Å²) < 4.78 is 1.68. The lowest BCUT2D eigenvalue weighted by Crippen LogP contribution is -2.30. The molecular formula is C14H19ClN4O. The van der Waals surface area contributed by atoms with E-state index in [9.17, 15) is 4.79 Å². The molecule has 0 aliphatic heterocycles. The molecule has 1 amide bonds. The van der Waals surface area contributed by atoms with Crippen LogP contribution < -0.4 is 10.6 Å². The number of carbonyl (C=O) groups excluding carboxylic acids is 1. The highest BCUT2D eigenvalue weighted by molar-refractivity contribution is 5.95. The number of nitrogens with one attached hydrogen (secondary N) is 2. The SMILES string of the molecule is CNC(C(=O)Nc1ccc(C)cc1)c1cnn(C)c1.Cl. The number of anilines is 1. The van der Waals surface area contributed by atoms with E-state index in [0.29, 0.717) is 0 Å². The first-order valence-corrected chi connectivity index (χ1v) is 6.13. The molecule has 0 fully saturated rings. The average Bonchev–Trinajstić information content (AvgIpc) is 2.80. The first-order chi connectivity index (χ1) is 9.10. The van der Waals surface area contributed by atoms with Crippen molar-refractivity contribution in [2.24, 2.45) is 7.05 Å². The second-order valence-electron chi connectivity index (χ2n) is 4.52. The van der Waals surface area contributed by atoms with Gasteiger partial charge >= 0.3 is 0 Å². The Labute approximate surface area is 124 Å². The second-order valence-corrected chi connectivity index (χ2v) is 4.52. The Morgan fingerprint density at radius 1 is 1.30 bits per heavy atom. The highest BCUT2D eigenvalue weighted by atomic mass is 35.5. The third kappa shape index (κ3) is 3.82. The van der Waals surface area contributed by atoms with E-state index in [1.54, 1.807) is 17.9 Å². The van der Waals surface area contributed by atoms with Crippen molar-refractivity contribution in [3.63, 3.8) is 0 Å². The monoisotopic (exact) mass is 294 g/mol. The molecule has 2 aromatic rings. The van der Waals surface area contributed by atoms with E-state index in [1.807, 2.05) is 44.4 Å². The molecule has 0 aliphatic rings. The number of likely N-dealkylation sites (N-methyl/N-ethyl adjacent to an activating group) is 1. The van der Waals surface area contributed by atoms with Crippen LogP contribution in [0, 0.1) is 6.92 Å². The molecule has 20 heavy (non-hydrogen) atoms. The van der Waals surface area contributed by atoms with Crippen LogP contribution in [0.3, 0.4) is 0 Å². The Hall–Kier alpha value is -1.85. The van der Waals surface area contributed by atoms with Crippen LogP contribution in [0.5, 0.6) is 0 Å². The van der Waals surface area contributed by atoms with Gasteiger partial charge in [0, 0.05) is 24.5 Å². The maximum atomic E-state index is 12.2. The smallest absolute Gasteiger partial charge is 0.246 e. The molecule has 0 saturated carbocycles. The van der Waals surface area contributed by atoms with Crippen LogP contribution >= 0.6 is 12.4 Å². The quantitative estimate of drug-likeness (QED) is 0.907. The summed E-state index contributed by atoms with van der Waals surface area (Å²) in [6, 6.07) is 7.31. The number of hydrogen-bond donors (Lipinski definition) is 2. The Balaban J connectivity index is 0.00000200. The van der Waals surface area contributed by atoms with E-state index in [1.165, 1.54) is 0 Å². The van der Waals surface area contributed by atoms with E-state index in [-0.39, 0.29) is 18.3 Å². The summed E-state index contributed by atoms with van der Waals surface area (Å²) >= 11 is 0. The number of halogens is 1. The fourth-order valence-corrected chi connectivity index (χ4v) is 1.89. The number of benzene rings is 1. The predicted molar refractivity (Wildman–Crippen MR) is 82.1 cm³/mol. The van der Waals surface area contributed by atoms with Crippen LogP contribution in [-0.4, -0.2) is 22.7 Å². The fraction of sp³-hybridized carbons (Fsp3) is 0.286. The Kier molecular flexibility index (Phi) is 5.73. The number of carbonyl (C=O) groups is 1. The van der Waals surface area contributed by atoms with Gasteiger partial charge in [-0.15, -0.1) is 12.4 Å². The maximum Gasteiger partial charge on any atom is 0.246 e. The van der Waals surface area contributed by atoms with E-state index in [2.05, 4.69) is 15.7 Å². The molecule has 2 N–H and O–H groups in total. The summed E-state index contributed by atoms with van der Waals surface area (Å²) in [5, 5.41) is 9.97. The maximum absolute atomic E-state index is 12.2. The molecule has 1 heterocycles. The minimum Gasteiger partial charge on any atom is -0.324 e. The summed E-state index contributed by atoms with van der Waals surface area (Å²) in [4.78, 5) is 12.2. The van der Waals surface area contributed by atoms with Gasteiger partial charge < -0.3 is 10.6 Å². The summed E-state index contributed by atoms with van der Waals surface area (Å²) in [5.74, 6) is -0.0978. The van der Waals surface area contributed by atoms with E-state index < -0.39 is 6.04 Å². The predicted octanol–water partition coefficient (Wildman–Crippen LogP) is 2.05. The van der Waals surface area contributed by atoms with Crippen molar-refractivity contribution in [1.82, 2.24) is 15.1 Å². The van der Waals surface area contributed by atoms with Gasteiger partial charge in [-0.2, -0.15) is 5.10 Å². The molecule has 1 aromatic heterocycles. The Bertz CT molecular complexity index is 565. The van der Waals surface area contributed by atoms with E-state index >= 15 is 0 Å². The first kappa shape index (κ1) is 16.2. The van der Waals surface area contributed by atoms with Gasteiger partial charge in [0.25, 0.3) is 0 Å². The Morgan fingerprint density at radius 3 is 2.45 bits per heavy atom. The topological polar surface area (TPSA) is 59.0 Å². The number of hydrogen-bond acceptors (Lipinski definition) is 3. The lowest BCUT2D eigenvalue weighted by molar-refractivity contribution is -0.118. The van der Waals surface area contributed by atoms with Crippen LogP contribution in [-0.2, 0) is 11.8 Å². The van der Waals surface area contributed by atoms with Gasteiger partial charge in [-0.1, -0.05) is 17.7 Å². The van der Waals surface area contributed by atoms with Crippen molar-refractivity contribution in [2.45, 2.75) is 13.0 Å². The number of amides is 1. The lowest BCUT2D eigenvalue weighted by atomic mass is 10.1. The number of aromatic nitrogens is 2. The van der Waals surface area contributed by atoms with Crippen molar-refractivity contribution >= 4 is 24.0 Å². The third-order valence-electron chi connectivity index (χ3n) is 2.93. The second kappa shape index (κ2) is 7.07. The standard InChI is InChI=1S/C14H18N4O.ClH/c1-10-4-6-12(7-5-10)17-14(19)13(15-2)11-8-16-18(3)9-11;/h4-9,13,15H,1-3H3,(H,17,19);1H. The number of aryl methyl sites for hydroxylation is 2. The minimum atomic E-state index is -0.407. The zero-order chi connectivity index (χ0) is 13.8. The van der Waals surface area contributed by atoms with Crippen molar-refractivity contribution in [3.8, 4) is 0 Å². The van der Waals surface area contributed by atoms with Crippen molar-refractivity contribution < 1.29 is 4.79 Å². The van der Waals surface area contributed by atoms with Gasteiger partial charge in [-0.05, 0) is 26.1 Å². The summed E-state index contributed by atoms with van der Waals surface area (Å²) in [5.41, 5.74) is 2.80. The molecule has 0 spiro atoms. The lowest BCUT2D eigenvalue weighted by Gasteiger charge is -2.14. The molecule has 1 aromatic carbocycles. The molecule has 2 rings (SSSR count).